The minimum atomic E-state index is -0.307. The molecular formula is C14H23N3O2S. The normalized spacial score (nSPS) is 17.1. The number of hydrogen-bond donors (Lipinski definition) is 1. The summed E-state index contributed by atoms with van der Waals surface area (Å²) in [6.45, 7) is 8.54. The van der Waals surface area contributed by atoms with E-state index in [-0.39, 0.29) is 5.97 Å². The summed E-state index contributed by atoms with van der Waals surface area (Å²) in [6.07, 6.45) is 2.66. The van der Waals surface area contributed by atoms with Crippen LogP contribution in [-0.4, -0.2) is 49.1 Å². The van der Waals surface area contributed by atoms with E-state index in [2.05, 4.69) is 22.1 Å². The molecule has 1 aromatic rings. The molecule has 1 N–H and O–H groups in total. The van der Waals surface area contributed by atoms with Crippen molar-refractivity contribution < 1.29 is 9.53 Å². The highest BCUT2D eigenvalue weighted by molar-refractivity contribution is 7.17. The number of anilines is 1. The van der Waals surface area contributed by atoms with Gasteiger partial charge in [0, 0.05) is 13.1 Å². The molecule has 1 saturated heterocycles. The highest BCUT2D eigenvalue weighted by Gasteiger charge is 2.17. The molecule has 1 aliphatic heterocycles. The quantitative estimate of drug-likeness (QED) is 0.817. The fourth-order valence-electron chi connectivity index (χ4n) is 2.49. The van der Waals surface area contributed by atoms with Crippen LogP contribution in [0.3, 0.4) is 0 Å². The topological polar surface area (TPSA) is 54.5 Å². The second-order valence-corrected chi connectivity index (χ2v) is 6.42. The molecule has 1 unspecified atom stereocenters. The summed E-state index contributed by atoms with van der Waals surface area (Å²) >= 11 is 1.37. The number of methoxy groups -OCH3 is 1. The molecule has 1 aromatic heterocycles. The zero-order valence-corrected chi connectivity index (χ0v) is 13.3. The van der Waals surface area contributed by atoms with Crippen molar-refractivity contribution in [2.45, 2.75) is 26.7 Å². The van der Waals surface area contributed by atoms with E-state index in [1.165, 1.54) is 44.4 Å². The smallest absolute Gasteiger partial charge is 0.350 e. The van der Waals surface area contributed by atoms with Gasteiger partial charge in [0.05, 0.1) is 12.8 Å². The van der Waals surface area contributed by atoms with Crippen molar-refractivity contribution in [1.82, 2.24) is 9.88 Å². The molecule has 1 fully saturated rings. The number of aryl methyl sites for hydroxylation is 1. The minimum Gasteiger partial charge on any atom is -0.465 e. The predicted octanol–water partition coefficient (Wildman–Crippen LogP) is 2.38. The Morgan fingerprint density at radius 3 is 2.85 bits per heavy atom. The van der Waals surface area contributed by atoms with Gasteiger partial charge in [-0.1, -0.05) is 18.3 Å². The Bertz CT molecular complexity index is 455. The fraction of sp³-hybridized carbons (Fsp3) is 0.714. The molecule has 2 rings (SSSR count). The number of rotatable bonds is 6. The average molecular weight is 297 g/mol. The first-order valence-corrected chi connectivity index (χ1v) is 7.93. The highest BCUT2D eigenvalue weighted by Crippen LogP contribution is 2.23. The largest absolute Gasteiger partial charge is 0.465 e. The van der Waals surface area contributed by atoms with Gasteiger partial charge in [-0.3, -0.25) is 0 Å². The van der Waals surface area contributed by atoms with E-state index >= 15 is 0 Å². The predicted molar refractivity (Wildman–Crippen MR) is 81.5 cm³/mol. The molecule has 0 amide bonds. The Hall–Kier alpha value is -1.14. The standard InChI is InChI=1S/C14H23N3O2S/c1-10(9-17-6-4-5-7-17)8-15-14-16-11(2)12(20-14)13(18)19-3/h10H,4-9H2,1-3H3,(H,15,16). The Morgan fingerprint density at radius 1 is 1.50 bits per heavy atom. The van der Waals surface area contributed by atoms with Gasteiger partial charge in [-0.2, -0.15) is 0 Å². The van der Waals surface area contributed by atoms with Gasteiger partial charge in [0.25, 0.3) is 0 Å². The maximum absolute atomic E-state index is 11.5. The summed E-state index contributed by atoms with van der Waals surface area (Å²) in [5.74, 6) is 0.261. The molecule has 5 nitrogen and oxygen atoms in total. The lowest BCUT2D eigenvalue weighted by Gasteiger charge is -2.20. The van der Waals surface area contributed by atoms with Crippen molar-refractivity contribution >= 4 is 22.4 Å². The molecule has 0 saturated carbocycles. The lowest BCUT2D eigenvalue weighted by Crippen LogP contribution is -2.28. The molecular weight excluding hydrogens is 274 g/mol. The third-order valence-electron chi connectivity index (χ3n) is 3.54. The summed E-state index contributed by atoms with van der Waals surface area (Å²) in [4.78, 5) is 19.0. The van der Waals surface area contributed by atoms with E-state index < -0.39 is 0 Å². The Morgan fingerprint density at radius 2 is 2.20 bits per heavy atom. The molecule has 6 heteroatoms. The van der Waals surface area contributed by atoms with Crippen LogP contribution in [0.1, 0.15) is 35.1 Å². The van der Waals surface area contributed by atoms with Crippen LogP contribution in [0.4, 0.5) is 5.13 Å². The van der Waals surface area contributed by atoms with Gasteiger partial charge in [0.2, 0.25) is 0 Å². The van der Waals surface area contributed by atoms with Gasteiger partial charge < -0.3 is 15.0 Å². The lowest BCUT2D eigenvalue weighted by molar-refractivity contribution is 0.0605. The summed E-state index contributed by atoms with van der Waals surface area (Å²) in [5.41, 5.74) is 0.733. The van der Waals surface area contributed by atoms with E-state index in [1.54, 1.807) is 0 Å². The number of nitrogens with one attached hydrogen (secondary N) is 1. The van der Waals surface area contributed by atoms with E-state index in [1.807, 2.05) is 6.92 Å². The lowest BCUT2D eigenvalue weighted by atomic mass is 10.2. The van der Waals surface area contributed by atoms with E-state index in [9.17, 15) is 4.79 Å². The van der Waals surface area contributed by atoms with Crippen LogP contribution in [-0.2, 0) is 4.74 Å². The Labute approximate surface area is 124 Å². The molecule has 1 aliphatic rings. The maximum atomic E-state index is 11.5. The van der Waals surface area contributed by atoms with Gasteiger partial charge in [-0.15, -0.1) is 0 Å². The Balaban J connectivity index is 1.82. The third-order valence-corrected chi connectivity index (χ3v) is 4.63. The van der Waals surface area contributed by atoms with Crippen LogP contribution in [0, 0.1) is 12.8 Å². The van der Waals surface area contributed by atoms with E-state index in [0.29, 0.717) is 10.8 Å². The van der Waals surface area contributed by atoms with Crippen molar-refractivity contribution in [3.63, 3.8) is 0 Å². The summed E-state index contributed by atoms with van der Waals surface area (Å²) in [5, 5.41) is 4.13. The van der Waals surface area contributed by atoms with Crippen LogP contribution in [0.15, 0.2) is 0 Å². The molecule has 0 bridgehead atoms. The van der Waals surface area contributed by atoms with Crippen molar-refractivity contribution in [3.05, 3.63) is 10.6 Å². The number of ether oxygens (including phenoxy) is 1. The van der Waals surface area contributed by atoms with Crippen LogP contribution >= 0.6 is 11.3 Å². The third kappa shape index (κ3) is 3.93. The number of nitrogens with zero attached hydrogens (tertiary/aromatic N) is 2. The average Bonchev–Trinajstić information content (AvgIpc) is 3.05. The number of likely N-dealkylation sites (tertiary alicyclic amines) is 1. The van der Waals surface area contributed by atoms with Crippen LogP contribution in [0.5, 0.6) is 0 Å². The Kier molecular flexibility index (Phi) is 5.37. The zero-order valence-electron chi connectivity index (χ0n) is 12.4. The van der Waals surface area contributed by atoms with Gasteiger partial charge >= 0.3 is 5.97 Å². The maximum Gasteiger partial charge on any atom is 0.350 e. The van der Waals surface area contributed by atoms with Crippen molar-refractivity contribution in [2.75, 3.05) is 38.6 Å². The first-order chi connectivity index (χ1) is 9.60. The van der Waals surface area contributed by atoms with Crippen molar-refractivity contribution in [3.8, 4) is 0 Å². The number of carbonyl (C=O) groups excluding carboxylic acids is 1. The number of hydrogen-bond acceptors (Lipinski definition) is 6. The molecule has 112 valence electrons. The van der Waals surface area contributed by atoms with Crippen LogP contribution in [0.25, 0.3) is 0 Å². The van der Waals surface area contributed by atoms with Gasteiger partial charge in [0.1, 0.15) is 4.88 Å². The number of carbonyl (C=O) groups is 1. The summed E-state index contributed by atoms with van der Waals surface area (Å²) in [6, 6.07) is 0. The molecule has 0 aliphatic carbocycles. The SMILES string of the molecule is COC(=O)c1sc(NCC(C)CN2CCCC2)nc1C. The number of esters is 1. The molecule has 2 heterocycles. The first kappa shape index (κ1) is 15.3. The van der Waals surface area contributed by atoms with Crippen molar-refractivity contribution in [1.29, 1.82) is 0 Å². The molecule has 0 spiro atoms. The number of aromatic nitrogens is 1. The van der Waals surface area contributed by atoms with Gasteiger partial charge in [0.15, 0.2) is 5.13 Å². The molecule has 1 atom stereocenters. The van der Waals surface area contributed by atoms with Crippen LogP contribution < -0.4 is 5.32 Å². The van der Waals surface area contributed by atoms with Crippen molar-refractivity contribution in [2.24, 2.45) is 5.92 Å². The van der Waals surface area contributed by atoms with Gasteiger partial charge in [-0.25, -0.2) is 9.78 Å². The second kappa shape index (κ2) is 7.04. The van der Waals surface area contributed by atoms with Gasteiger partial charge in [-0.05, 0) is 38.8 Å². The molecule has 0 radical (unpaired) electrons. The van der Waals surface area contributed by atoms with E-state index in [4.69, 9.17) is 4.74 Å². The molecule has 20 heavy (non-hydrogen) atoms. The first-order valence-electron chi connectivity index (χ1n) is 7.12. The number of thiazole rings is 1. The minimum absolute atomic E-state index is 0.307. The second-order valence-electron chi connectivity index (χ2n) is 5.42. The van der Waals surface area contributed by atoms with Crippen LogP contribution in [0.2, 0.25) is 0 Å². The zero-order chi connectivity index (χ0) is 14.5. The summed E-state index contributed by atoms with van der Waals surface area (Å²) in [7, 11) is 1.40. The summed E-state index contributed by atoms with van der Waals surface area (Å²) < 4.78 is 4.74. The van der Waals surface area contributed by atoms with E-state index in [0.717, 1.165) is 23.9 Å². The fourth-order valence-corrected chi connectivity index (χ4v) is 3.38. The monoisotopic (exact) mass is 297 g/mol. The highest BCUT2D eigenvalue weighted by atomic mass is 32.1. The molecule has 0 aromatic carbocycles.